The van der Waals surface area contributed by atoms with Crippen molar-refractivity contribution in [3.63, 3.8) is 0 Å². The average Bonchev–Trinajstić information content (AvgIpc) is 2.81. The van der Waals surface area contributed by atoms with Gasteiger partial charge < -0.3 is 19.9 Å². The van der Waals surface area contributed by atoms with Crippen LogP contribution < -0.4 is 14.8 Å². The zero-order valence-electron chi connectivity index (χ0n) is 10.1. The fraction of sp³-hybridized carbons (Fsp3) is 0.308. The summed E-state index contributed by atoms with van der Waals surface area (Å²) in [6, 6.07) is 5.45. The van der Waals surface area contributed by atoms with Gasteiger partial charge in [-0.2, -0.15) is 0 Å². The van der Waals surface area contributed by atoms with Gasteiger partial charge in [0.1, 0.15) is 0 Å². The molecule has 0 fully saturated rings. The van der Waals surface area contributed by atoms with Crippen molar-refractivity contribution in [2.24, 2.45) is 0 Å². The molecule has 0 aromatic heterocycles. The number of aliphatic hydroxyl groups is 1. The molecule has 0 saturated heterocycles. The molecule has 0 spiro atoms. The zero-order chi connectivity index (χ0) is 13.0. The first kappa shape index (κ1) is 12.4. The number of amides is 1. The van der Waals surface area contributed by atoms with Crippen LogP contribution in [-0.4, -0.2) is 30.5 Å². The molecular formula is C13H15NO4. The lowest BCUT2D eigenvalue weighted by atomic mass is 10.2. The van der Waals surface area contributed by atoms with E-state index in [2.05, 4.69) is 5.32 Å². The third-order valence-corrected chi connectivity index (χ3v) is 2.40. The quantitative estimate of drug-likeness (QED) is 0.779. The number of nitrogens with one attached hydrogen (secondary N) is 1. The normalized spacial score (nSPS) is 14.8. The summed E-state index contributed by atoms with van der Waals surface area (Å²) in [5.74, 6) is 1.15. The lowest BCUT2D eigenvalue weighted by Crippen LogP contribution is -2.28. The number of rotatable bonds is 4. The maximum absolute atomic E-state index is 11.4. The summed E-state index contributed by atoms with van der Waals surface area (Å²) in [5, 5.41) is 11.6. The minimum absolute atomic E-state index is 0.234. The van der Waals surface area contributed by atoms with Crippen LogP contribution >= 0.6 is 0 Å². The Balaban J connectivity index is 1.94. The number of hydrogen-bond acceptors (Lipinski definition) is 4. The van der Waals surface area contributed by atoms with E-state index >= 15 is 0 Å². The van der Waals surface area contributed by atoms with Crippen molar-refractivity contribution in [3.8, 4) is 11.5 Å². The van der Waals surface area contributed by atoms with E-state index < -0.39 is 6.10 Å². The maximum atomic E-state index is 11.4. The smallest absolute Gasteiger partial charge is 0.244 e. The van der Waals surface area contributed by atoms with Gasteiger partial charge in [-0.15, -0.1) is 0 Å². The molecule has 5 heteroatoms. The highest BCUT2D eigenvalue weighted by Crippen LogP contribution is 2.32. The number of carbonyl (C=O) groups excluding carboxylic acids is 1. The van der Waals surface area contributed by atoms with Crippen molar-refractivity contribution in [3.05, 3.63) is 29.8 Å². The third-order valence-electron chi connectivity index (χ3n) is 2.40. The molecule has 18 heavy (non-hydrogen) atoms. The van der Waals surface area contributed by atoms with Crippen LogP contribution in [-0.2, 0) is 4.79 Å². The van der Waals surface area contributed by atoms with Crippen LogP contribution in [0.5, 0.6) is 11.5 Å². The first-order chi connectivity index (χ1) is 8.65. The number of carbonyl (C=O) groups is 1. The highest BCUT2D eigenvalue weighted by molar-refractivity contribution is 5.91. The van der Waals surface area contributed by atoms with E-state index in [-0.39, 0.29) is 19.2 Å². The van der Waals surface area contributed by atoms with Crippen LogP contribution in [0.1, 0.15) is 12.5 Å². The van der Waals surface area contributed by atoms with Crippen LogP contribution in [0, 0.1) is 0 Å². The van der Waals surface area contributed by atoms with Gasteiger partial charge in [0.05, 0.1) is 6.10 Å². The highest BCUT2D eigenvalue weighted by atomic mass is 16.7. The predicted molar refractivity (Wildman–Crippen MR) is 66.3 cm³/mol. The monoisotopic (exact) mass is 249 g/mol. The molecule has 1 aliphatic rings. The Labute approximate surface area is 105 Å². The summed E-state index contributed by atoms with van der Waals surface area (Å²) >= 11 is 0. The van der Waals surface area contributed by atoms with Crippen molar-refractivity contribution < 1.29 is 19.4 Å². The van der Waals surface area contributed by atoms with Crippen molar-refractivity contribution in [1.82, 2.24) is 5.32 Å². The van der Waals surface area contributed by atoms with Crippen LogP contribution in [0.15, 0.2) is 24.3 Å². The standard InChI is InChI=1S/C13H15NO4/c1-9(15)7-14-13(16)5-3-10-2-4-11-12(6-10)18-8-17-11/h2-6,9,15H,7-8H2,1H3,(H,14,16)/b5-3+/t9-/m1/s1. The molecule has 0 radical (unpaired) electrons. The zero-order valence-corrected chi connectivity index (χ0v) is 10.1. The third kappa shape index (κ3) is 3.24. The summed E-state index contributed by atoms with van der Waals surface area (Å²) in [5.41, 5.74) is 0.853. The largest absolute Gasteiger partial charge is 0.454 e. The van der Waals surface area contributed by atoms with Gasteiger partial charge in [0.15, 0.2) is 11.5 Å². The van der Waals surface area contributed by atoms with Crippen molar-refractivity contribution in [2.75, 3.05) is 13.3 Å². The van der Waals surface area contributed by atoms with E-state index in [9.17, 15) is 4.79 Å². The van der Waals surface area contributed by atoms with Crippen molar-refractivity contribution >= 4 is 12.0 Å². The summed E-state index contributed by atoms with van der Waals surface area (Å²) in [4.78, 5) is 11.4. The molecule has 2 N–H and O–H groups in total. The minimum atomic E-state index is -0.548. The van der Waals surface area contributed by atoms with E-state index in [1.165, 1.54) is 6.08 Å². The molecule has 96 valence electrons. The van der Waals surface area contributed by atoms with Gasteiger partial charge in [0.2, 0.25) is 12.7 Å². The van der Waals surface area contributed by atoms with Crippen molar-refractivity contribution in [2.45, 2.75) is 13.0 Å². The Hall–Kier alpha value is -2.01. The topological polar surface area (TPSA) is 67.8 Å². The summed E-state index contributed by atoms with van der Waals surface area (Å²) < 4.78 is 10.4. The van der Waals surface area contributed by atoms with Gasteiger partial charge in [-0.05, 0) is 30.7 Å². The molecule has 1 amide bonds. The van der Waals surface area contributed by atoms with Crippen LogP contribution in [0.2, 0.25) is 0 Å². The summed E-state index contributed by atoms with van der Waals surface area (Å²) in [6.45, 7) is 2.09. The summed E-state index contributed by atoms with van der Waals surface area (Å²) in [6.07, 6.45) is 2.55. The van der Waals surface area contributed by atoms with E-state index in [0.717, 1.165) is 5.56 Å². The number of aliphatic hydroxyl groups excluding tert-OH is 1. The first-order valence-corrected chi connectivity index (χ1v) is 5.69. The molecule has 2 rings (SSSR count). The van der Waals surface area contributed by atoms with E-state index in [1.807, 2.05) is 6.07 Å². The van der Waals surface area contributed by atoms with Gasteiger partial charge in [0, 0.05) is 12.6 Å². The van der Waals surface area contributed by atoms with Crippen LogP contribution in [0.3, 0.4) is 0 Å². The van der Waals surface area contributed by atoms with Gasteiger partial charge in [-0.1, -0.05) is 6.07 Å². The van der Waals surface area contributed by atoms with E-state index in [0.29, 0.717) is 11.5 Å². The molecule has 1 aromatic carbocycles. The Bertz CT molecular complexity index is 468. The molecule has 5 nitrogen and oxygen atoms in total. The number of ether oxygens (including phenoxy) is 2. The molecule has 0 saturated carbocycles. The summed E-state index contributed by atoms with van der Waals surface area (Å²) in [7, 11) is 0. The number of benzene rings is 1. The molecule has 0 bridgehead atoms. The predicted octanol–water partition coefficient (Wildman–Crippen LogP) is 0.926. The van der Waals surface area contributed by atoms with Gasteiger partial charge in [-0.25, -0.2) is 0 Å². The minimum Gasteiger partial charge on any atom is -0.454 e. The fourth-order valence-electron chi connectivity index (χ4n) is 1.50. The second-order valence-electron chi connectivity index (χ2n) is 4.04. The van der Waals surface area contributed by atoms with E-state index in [4.69, 9.17) is 14.6 Å². The molecule has 1 heterocycles. The highest BCUT2D eigenvalue weighted by Gasteiger charge is 2.12. The molecular weight excluding hydrogens is 234 g/mol. The SMILES string of the molecule is C[C@@H](O)CNC(=O)/C=C/c1ccc2c(c1)OCO2. The molecule has 1 aliphatic heterocycles. The first-order valence-electron chi connectivity index (χ1n) is 5.69. The number of fused-ring (bicyclic) bond motifs is 1. The number of hydrogen-bond donors (Lipinski definition) is 2. The second-order valence-corrected chi connectivity index (χ2v) is 4.04. The Morgan fingerprint density at radius 1 is 1.50 bits per heavy atom. The van der Waals surface area contributed by atoms with E-state index in [1.54, 1.807) is 25.1 Å². The van der Waals surface area contributed by atoms with Gasteiger partial charge >= 0.3 is 0 Å². The Morgan fingerprint density at radius 2 is 2.28 bits per heavy atom. The second kappa shape index (κ2) is 5.55. The lowest BCUT2D eigenvalue weighted by Gasteiger charge is -2.03. The van der Waals surface area contributed by atoms with Crippen LogP contribution in [0.25, 0.3) is 6.08 Å². The molecule has 0 aliphatic carbocycles. The molecule has 1 atom stereocenters. The molecule has 1 aromatic rings. The van der Waals surface area contributed by atoms with Gasteiger partial charge in [-0.3, -0.25) is 4.79 Å². The maximum Gasteiger partial charge on any atom is 0.244 e. The van der Waals surface area contributed by atoms with Crippen molar-refractivity contribution in [1.29, 1.82) is 0 Å². The Morgan fingerprint density at radius 3 is 3.06 bits per heavy atom. The Kier molecular flexibility index (Phi) is 3.84. The lowest BCUT2D eigenvalue weighted by molar-refractivity contribution is -0.116. The average molecular weight is 249 g/mol. The van der Waals surface area contributed by atoms with Gasteiger partial charge in [0.25, 0.3) is 0 Å². The molecule has 0 unspecified atom stereocenters. The fourth-order valence-corrected chi connectivity index (χ4v) is 1.50. The van der Waals surface area contributed by atoms with Crippen LogP contribution in [0.4, 0.5) is 0 Å².